The summed E-state index contributed by atoms with van der Waals surface area (Å²) >= 11 is 6.20. The minimum absolute atomic E-state index is 0.0517. The first kappa shape index (κ1) is 24.4. The van der Waals surface area contributed by atoms with E-state index in [0.29, 0.717) is 21.9 Å². The predicted molar refractivity (Wildman–Crippen MR) is 130 cm³/mol. The fourth-order valence-electron chi connectivity index (χ4n) is 3.86. The van der Waals surface area contributed by atoms with E-state index in [1.54, 1.807) is 48.1 Å². The van der Waals surface area contributed by atoms with Crippen molar-refractivity contribution in [3.05, 3.63) is 70.1 Å². The summed E-state index contributed by atoms with van der Waals surface area (Å²) in [5.74, 6) is -0.0808. The highest BCUT2D eigenvalue weighted by Gasteiger charge is 2.31. The lowest BCUT2D eigenvalue weighted by molar-refractivity contribution is 0.0735. The van der Waals surface area contributed by atoms with Gasteiger partial charge in [0.05, 0.1) is 16.7 Å². The van der Waals surface area contributed by atoms with Gasteiger partial charge in [0, 0.05) is 53.6 Å². The zero-order valence-corrected chi connectivity index (χ0v) is 20.8. The number of nitrogens with zero attached hydrogens (tertiary/aromatic N) is 3. The van der Waals surface area contributed by atoms with E-state index in [1.165, 1.54) is 11.0 Å². The Morgan fingerprint density at radius 3 is 2.82 bits per heavy atom. The first-order chi connectivity index (χ1) is 16.3. The molecule has 1 unspecified atom stereocenters. The fourth-order valence-corrected chi connectivity index (χ4v) is 4.66. The number of hydrogen-bond acceptors (Lipinski definition) is 4. The fraction of sp³-hybridized carbons (Fsp3) is 0.333. The summed E-state index contributed by atoms with van der Waals surface area (Å²) in [7, 11) is 0.528. The molecule has 10 heteroatoms. The maximum atomic E-state index is 14.4. The minimum atomic E-state index is -1.24. The second-order valence-corrected chi connectivity index (χ2v) is 10.5. The van der Waals surface area contributed by atoms with Gasteiger partial charge in [0.2, 0.25) is 0 Å². The van der Waals surface area contributed by atoms with Crippen LogP contribution in [0, 0.1) is 5.82 Å². The van der Waals surface area contributed by atoms with Crippen molar-refractivity contribution in [1.82, 2.24) is 19.4 Å². The Bertz CT molecular complexity index is 1250. The van der Waals surface area contributed by atoms with E-state index in [4.69, 9.17) is 16.3 Å². The van der Waals surface area contributed by atoms with Crippen molar-refractivity contribution in [2.45, 2.75) is 32.2 Å². The van der Waals surface area contributed by atoms with Crippen LogP contribution >= 0.6 is 11.6 Å². The molecular formula is C24H26ClFN4O3S. The van der Waals surface area contributed by atoms with Crippen molar-refractivity contribution in [3.8, 4) is 17.0 Å². The second-order valence-electron chi connectivity index (χ2n) is 8.29. The third kappa shape index (κ3) is 5.01. The maximum Gasteiger partial charge on any atom is 0.275 e. The van der Waals surface area contributed by atoms with E-state index >= 15 is 0 Å². The summed E-state index contributed by atoms with van der Waals surface area (Å²) in [5.41, 5.74) is 2.80. The molecule has 1 aliphatic heterocycles. The molecule has 1 aromatic heterocycles. The molecule has 0 saturated carbocycles. The van der Waals surface area contributed by atoms with Crippen molar-refractivity contribution in [2.75, 3.05) is 13.1 Å². The number of carbonyl (C=O) groups excluding carboxylic acids is 1. The Morgan fingerprint density at radius 1 is 1.32 bits per heavy atom. The van der Waals surface area contributed by atoms with E-state index in [1.807, 2.05) is 13.8 Å². The third-order valence-corrected chi connectivity index (χ3v) is 7.16. The van der Waals surface area contributed by atoms with Gasteiger partial charge >= 0.3 is 0 Å². The van der Waals surface area contributed by atoms with Gasteiger partial charge < -0.3 is 9.64 Å². The van der Waals surface area contributed by atoms with Crippen LogP contribution in [0.1, 0.15) is 35.5 Å². The molecule has 1 atom stereocenters. The molecule has 3 aromatic rings. The average Bonchev–Trinajstić information content (AvgIpc) is 3.15. The van der Waals surface area contributed by atoms with E-state index in [9.17, 15) is 13.4 Å². The molecule has 1 N–H and O–H groups in total. The number of amides is 1. The van der Waals surface area contributed by atoms with E-state index in [2.05, 4.69) is 9.82 Å². The van der Waals surface area contributed by atoms with Gasteiger partial charge in [0.15, 0.2) is 5.69 Å². The van der Waals surface area contributed by atoms with Gasteiger partial charge in [-0.2, -0.15) is 5.10 Å². The number of aromatic nitrogens is 2. The summed E-state index contributed by atoms with van der Waals surface area (Å²) < 4.78 is 36.9. The lowest BCUT2D eigenvalue weighted by Gasteiger charge is -2.24. The molecule has 0 bridgehead atoms. The lowest BCUT2D eigenvalue weighted by Crippen LogP contribution is -2.38. The van der Waals surface area contributed by atoms with E-state index in [0.717, 1.165) is 11.3 Å². The highest BCUT2D eigenvalue weighted by molar-refractivity contribution is 7.83. The average molecular weight is 505 g/mol. The molecule has 1 aliphatic rings. The molecule has 180 valence electrons. The van der Waals surface area contributed by atoms with Gasteiger partial charge in [0.1, 0.15) is 18.2 Å². The maximum absolute atomic E-state index is 14.4. The molecule has 1 amide bonds. The van der Waals surface area contributed by atoms with Crippen molar-refractivity contribution in [1.29, 1.82) is 0 Å². The first-order valence-corrected chi connectivity index (χ1v) is 12.5. The summed E-state index contributed by atoms with van der Waals surface area (Å²) in [6, 6.07) is 11.7. The van der Waals surface area contributed by atoms with Crippen molar-refractivity contribution in [3.63, 3.8) is 0 Å². The van der Waals surface area contributed by atoms with Gasteiger partial charge in [-0.15, -0.1) is 0 Å². The number of hydrogen-bond donors (Lipinski definition) is 1. The van der Waals surface area contributed by atoms with Crippen molar-refractivity contribution >= 4 is 28.5 Å². The molecule has 2 heterocycles. The highest BCUT2D eigenvalue weighted by atomic mass is 35.5. The molecule has 7 nitrogen and oxygen atoms in total. The number of nitrogens with one attached hydrogen (secondary N) is 1. The Morgan fingerprint density at radius 2 is 2.09 bits per heavy atom. The Balaban J connectivity index is 1.66. The summed E-state index contributed by atoms with van der Waals surface area (Å²) in [6.45, 7) is 4.43. The van der Waals surface area contributed by atoms with Crippen LogP contribution in [-0.2, 0) is 31.2 Å². The molecule has 2 aromatic carbocycles. The Hall–Kier alpha value is -2.75. The SMILES string of the molecule is CC(C)S(=O)NCCN(Cc1ccccc1F)C(=O)c1nn(C)c2c1COc1ccc(Cl)cc1-2. The van der Waals surface area contributed by atoms with Gasteiger partial charge in [-0.1, -0.05) is 29.8 Å². The van der Waals surface area contributed by atoms with Crippen LogP contribution < -0.4 is 9.46 Å². The Kier molecular flexibility index (Phi) is 7.35. The van der Waals surface area contributed by atoms with Gasteiger partial charge in [-0.3, -0.25) is 9.48 Å². The van der Waals surface area contributed by atoms with E-state index in [-0.39, 0.29) is 43.1 Å². The molecular weight excluding hydrogens is 479 g/mol. The number of fused-ring (bicyclic) bond motifs is 3. The molecule has 34 heavy (non-hydrogen) atoms. The number of halogens is 2. The number of benzene rings is 2. The number of aryl methyl sites for hydroxylation is 1. The number of rotatable bonds is 8. The zero-order chi connectivity index (χ0) is 24.4. The first-order valence-electron chi connectivity index (χ1n) is 10.9. The predicted octanol–water partition coefficient (Wildman–Crippen LogP) is 4.08. The van der Waals surface area contributed by atoms with Crippen LogP contribution in [0.15, 0.2) is 42.5 Å². The smallest absolute Gasteiger partial charge is 0.275 e. The molecule has 0 radical (unpaired) electrons. The van der Waals surface area contributed by atoms with Crippen LogP contribution in [0.3, 0.4) is 0 Å². The van der Waals surface area contributed by atoms with Crippen molar-refractivity contribution in [2.24, 2.45) is 7.05 Å². The summed E-state index contributed by atoms with van der Waals surface area (Å²) in [6.07, 6.45) is 0. The van der Waals surface area contributed by atoms with Crippen molar-refractivity contribution < 1.29 is 18.1 Å². The normalized spacial score (nSPS) is 13.2. The molecule has 0 fully saturated rings. The lowest BCUT2D eigenvalue weighted by atomic mass is 10.0. The van der Waals surface area contributed by atoms with Gasteiger partial charge in [0.25, 0.3) is 5.91 Å². The van der Waals surface area contributed by atoms with Crippen LogP contribution in [0.25, 0.3) is 11.3 Å². The minimum Gasteiger partial charge on any atom is -0.488 e. The molecule has 0 aliphatic carbocycles. The van der Waals surface area contributed by atoms with Crippen LogP contribution in [0.4, 0.5) is 4.39 Å². The molecule has 4 rings (SSSR count). The Labute approximate surface area is 205 Å². The van der Waals surface area contributed by atoms with Crippen LogP contribution in [0.2, 0.25) is 5.02 Å². The standard InChI is InChI=1S/C24H26ClFN4O3S/c1-15(2)34(32)27-10-11-30(13-16-6-4-5-7-20(16)26)24(31)22-19-14-33-21-9-8-17(25)12-18(21)23(19)29(3)28-22/h4-9,12,15,27H,10-11,13-14H2,1-3H3. The monoisotopic (exact) mass is 504 g/mol. The number of ether oxygens (including phenoxy) is 1. The largest absolute Gasteiger partial charge is 0.488 e. The zero-order valence-electron chi connectivity index (χ0n) is 19.2. The van der Waals surface area contributed by atoms with Crippen LogP contribution in [-0.4, -0.2) is 43.1 Å². The third-order valence-electron chi connectivity index (χ3n) is 5.58. The summed E-state index contributed by atoms with van der Waals surface area (Å²) in [5, 5.41) is 4.99. The second kappa shape index (κ2) is 10.2. The quantitative estimate of drug-likeness (QED) is 0.501. The van der Waals surface area contributed by atoms with Gasteiger partial charge in [-0.25, -0.2) is 13.3 Å². The van der Waals surface area contributed by atoms with Crippen LogP contribution in [0.5, 0.6) is 5.75 Å². The topological polar surface area (TPSA) is 76.5 Å². The molecule has 0 spiro atoms. The van der Waals surface area contributed by atoms with Gasteiger partial charge in [-0.05, 0) is 38.1 Å². The molecule has 0 saturated heterocycles. The van der Waals surface area contributed by atoms with E-state index < -0.39 is 16.8 Å². The highest BCUT2D eigenvalue weighted by Crippen LogP contribution is 2.40. The summed E-state index contributed by atoms with van der Waals surface area (Å²) in [4.78, 5) is 15.2. The number of carbonyl (C=O) groups is 1.